The minimum atomic E-state index is -0.593. The zero-order valence-corrected chi connectivity index (χ0v) is 12.1. The average molecular weight is 286 g/mol. The number of hydrogen-bond donors (Lipinski definition) is 1. The summed E-state index contributed by atoms with van der Waals surface area (Å²) in [6, 6.07) is 9.64. The van der Waals surface area contributed by atoms with Gasteiger partial charge in [-0.15, -0.1) is 11.6 Å². The van der Waals surface area contributed by atoms with Crippen molar-refractivity contribution in [2.45, 2.75) is 12.5 Å². The Morgan fingerprint density at radius 2 is 2.00 bits per heavy atom. The van der Waals surface area contributed by atoms with E-state index in [-0.39, 0.29) is 12.5 Å². The fourth-order valence-corrected chi connectivity index (χ4v) is 1.86. The first-order valence-corrected chi connectivity index (χ1v) is 6.65. The zero-order valence-electron chi connectivity index (χ0n) is 11.3. The van der Waals surface area contributed by atoms with Gasteiger partial charge in [-0.05, 0) is 12.5 Å². The first-order valence-electron chi connectivity index (χ1n) is 6.11. The minimum absolute atomic E-state index is 0.00265. The molecule has 1 amide bonds. The number of nitrogens with one attached hydrogen (secondary N) is 1. The van der Waals surface area contributed by atoms with Crippen LogP contribution in [0, 0.1) is 0 Å². The van der Waals surface area contributed by atoms with E-state index in [4.69, 9.17) is 21.1 Å². The summed E-state index contributed by atoms with van der Waals surface area (Å²) in [5.74, 6) is 0.101. The molecular formula is C14H20ClNO3. The fraction of sp³-hybridized carbons (Fsp3) is 0.500. The monoisotopic (exact) mass is 285 g/mol. The van der Waals surface area contributed by atoms with Gasteiger partial charge in [0.1, 0.15) is 6.61 Å². The molecule has 1 aromatic carbocycles. The molecule has 1 rings (SSSR count). The third-order valence-corrected chi connectivity index (χ3v) is 3.29. The number of rotatable bonds is 8. The highest BCUT2D eigenvalue weighted by Gasteiger charge is 2.27. The topological polar surface area (TPSA) is 47.6 Å². The van der Waals surface area contributed by atoms with E-state index in [1.807, 2.05) is 37.3 Å². The number of ether oxygens (including phenoxy) is 2. The molecule has 19 heavy (non-hydrogen) atoms. The van der Waals surface area contributed by atoms with Crippen LogP contribution in [-0.2, 0) is 19.8 Å². The second-order valence-corrected chi connectivity index (χ2v) is 4.69. The predicted octanol–water partition coefficient (Wildman–Crippen LogP) is 1.92. The van der Waals surface area contributed by atoms with E-state index in [0.717, 1.165) is 5.56 Å². The van der Waals surface area contributed by atoms with Crippen LogP contribution in [0.5, 0.6) is 0 Å². The zero-order chi connectivity index (χ0) is 14.1. The van der Waals surface area contributed by atoms with Crippen LogP contribution in [-0.4, -0.2) is 38.7 Å². The Kier molecular flexibility index (Phi) is 6.84. The van der Waals surface area contributed by atoms with Crippen molar-refractivity contribution >= 4 is 17.5 Å². The van der Waals surface area contributed by atoms with Crippen molar-refractivity contribution in [3.63, 3.8) is 0 Å². The first-order chi connectivity index (χ1) is 9.12. The average Bonchev–Trinajstić information content (AvgIpc) is 2.44. The second-order valence-electron chi connectivity index (χ2n) is 4.43. The maximum atomic E-state index is 11.8. The summed E-state index contributed by atoms with van der Waals surface area (Å²) in [4.78, 5) is 11.8. The maximum absolute atomic E-state index is 11.8. The van der Waals surface area contributed by atoms with Crippen molar-refractivity contribution in [3.8, 4) is 0 Å². The van der Waals surface area contributed by atoms with Gasteiger partial charge in [0.25, 0.3) is 0 Å². The van der Waals surface area contributed by atoms with Crippen LogP contribution in [0.3, 0.4) is 0 Å². The molecule has 1 atom stereocenters. The molecule has 0 spiro atoms. The molecule has 0 aliphatic rings. The lowest BCUT2D eigenvalue weighted by Crippen LogP contribution is -2.46. The summed E-state index contributed by atoms with van der Waals surface area (Å²) in [7, 11) is 1.59. The molecule has 0 radical (unpaired) electrons. The Labute approximate surface area is 119 Å². The van der Waals surface area contributed by atoms with Crippen molar-refractivity contribution in [2.24, 2.45) is 0 Å². The molecule has 4 nitrogen and oxygen atoms in total. The molecule has 106 valence electrons. The predicted molar refractivity (Wildman–Crippen MR) is 75.4 cm³/mol. The van der Waals surface area contributed by atoms with Crippen LogP contribution in [0.2, 0.25) is 0 Å². The standard InChI is InChI=1S/C14H20ClNO3/c1-14(11-15,12-6-4-3-5-7-12)16-13(17)10-19-9-8-18-2/h3-7H,8-11H2,1-2H3,(H,16,17). The number of benzene rings is 1. The lowest BCUT2D eigenvalue weighted by Gasteiger charge is -2.29. The van der Waals surface area contributed by atoms with Crippen LogP contribution in [0.1, 0.15) is 12.5 Å². The highest BCUT2D eigenvalue weighted by Crippen LogP contribution is 2.21. The van der Waals surface area contributed by atoms with Gasteiger partial charge in [-0.3, -0.25) is 4.79 Å². The molecular weight excluding hydrogens is 266 g/mol. The number of methoxy groups -OCH3 is 1. The van der Waals surface area contributed by atoms with Crippen molar-refractivity contribution in [3.05, 3.63) is 35.9 Å². The van der Waals surface area contributed by atoms with Gasteiger partial charge in [0, 0.05) is 13.0 Å². The molecule has 0 fully saturated rings. The van der Waals surface area contributed by atoms with Gasteiger partial charge < -0.3 is 14.8 Å². The van der Waals surface area contributed by atoms with Gasteiger partial charge in [0.2, 0.25) is 5.91 Å². The lowest BCUT2D eigenvalue weighted by molar-refractivity contribution is -0.127. The van der Waals surface area contributed by atoms with Gasteiger partial charge >= 0.3 is 0 Å². The Balaban J connectivity index is 2.54. The van der Waals surface area contributed by atoms with Crippen LogP contribution >= 0.6 is 11.6 Å². The second kappa shape index (κ2) is 8.15. The van der Waals surface area contributed by atoms with Gasteiger partial charge in [0.05, 0.1) is 18.8 Å². The van der Waals surface area contributed by atoms with Crippen LogP contribution in [0.4, 0.5) is 0 Å². The van der Waals surface area contributed by atoms with E-state index in [2.05, 4.69) is 5.32 Å². The first kappa shape index (κ1) is 16.0. The summed E-state index contributed by atoms with van der Waals surface area (Å²) >= 11 is 6.00. The molecule has 5 heteroatoms. The Hall–Kier alpha value is -1.10. The van der Waals surface area contributed by atoms with E-state index < -0.39 is 5.54 Å². The number of alkyl halides is 1. The van der Waals surface area contributed by atoms with E-state index in [1.165, 1.54) is 0 Å². The third-order valence-electron chi connectivity index (χ3n) is 2.76. The van der Waals surface area contributed by atoms with Gasteiger partial charge in [-0.2, -0.15) is 0 Å². The van der Waals surface area contributed by atoms with Crippen molar-refractivity contribution in [2.75, 3.05) is 32.8 Å². The Bertz CT molecular complexity index is 386. The molecule has 0 aromatic heterocycles. The molecule has 0 aliphatic heterocycles. The molecule has 1 unspecified atom stereocenters. The summed E-state index contributed by atoms with van der Waals surface area (Å²) in [6.07, 6.45) is 0. The van der Waals surface area contributed by atoms with Gasteiger partial charge in [-0.1, -0.05) is 30.3 Å². The largest absolute Gasteiger partial charge is 0.382 e. The number of hydrogen-bond acceptors (Lipinski definition) is 3. The molecule has 1 N–H and O–H groups in total. The number of amides is 1. The highest BCUT2D eigenvalue weighted by molar-refractivity contribution is 6.18. The number of carbonyl (C=O) groups excluding carboxylic acids is 1. The third kappa shape index (κ3) is 5.19. The van der Waals surface area contributed by atoms with E-state index >= 15 is 0 Å². The lowest BCUT2D eigenvalue weighted by atomic mass is 9.94. The minimum Gasteiger partial charge on any atom is -0.382 e. The number of carbonyl (C=O) groups is 1. The Morgan fingerprint density at radius 3 is 2.58 bits per heavy atom. The molecule has 1 aromatic rings. The van der Waals surface area contributed by atoms with Crippen LogP contribution in [0.15, 0.2) is 30.3 Å². The van der Waals surface area contributed by atoms with Crippen LogP contribution in [0.25, 0.3) is 0 Å². The normalized spacial score (nSPS) is 13.8. The maximum Gasteiger partial charge on any atom is 0.246 e. The summed E-state index contributed by atoms with van der Waals surface area (Å²) < 4.78 is 10.0. The van der Waals surface area contributed by atoms with Crippen molar-refractivity contribution < 1.29 is 14.3 Å². The van der Waals surface area contributed by atoms with E-state index in [1.54, 1.807) is 7.11 Å². The molecule has 0 saturated heterocycles. The summed E-state index contributed by atoms with van der Waals surface area (Å²) in [5.41, 5.74) is 0.375. The highest BCUT2D eigenvalue weighted by atomic mass is 35.5. The summed E-state index contributed by atoms with van der Waals surface area (Å²) in [6.45, 7) is 2.76. The van der Waals surface area contributed by atoms with Crippen molar-refractivity contribution in [1.82, 2.24) is 5.32 Å². The van der Waals surface area contributed by atoms with Crippen molar-refractivity contribution in [1.29, 1.82) is 0 Å². The van der Waals surface area contributed by atoms with E-state index in [9.17, 15) is 4.79 Å². The van der Waals surface area contributed by atoms with Crippen LogP contribution < -0.4 is 5.32 Å². The molecule has 0 heterocycles. The molecule has 0 aliphatic carbocycles. The summed E-state index contributed by atoms with van der Waals surface area (Å²) in [5, 5.41) is 2.90. The smallest absolute Gasteiger partial charge is 0.246 e. The van der Waals surface area contributed by atoms with Gasteiger partial charge in [-0.25, -0.2) is 0 Å². The van der Waals surface area contributed by atoms with E-state index in [0.29, 0.717) is 19.1 Å². The quantitative estimate of drug-likeness (QED) is 0.586. The Morgan fingerprint density at radius 1 is 1.32 bits per heavy atom. The fourth-order valence-electron chi connectivity index (χ4n) is 1.64. The molecule has 0 saturated carbocycles. The number of halogens is 1. The molecule has 0 bridgehead atoms. The SMILES string of the molecule is COCCOCC(=O)NC(C)(CCl)c1ccccc1. The van der Waals surface area contributed by atoms with Gasteiger partial charge in [0.15, 0.2) is 0 Å².